The molecule has 0 N–H and O–H groups in total. The number of rotatable bonds is 7. The lowest BCUT2D eigenvalue weighted by Gasteiger charge is -2.61. The fourth-order valence-electron chi connectivity index (χ4n) is 9.18. The number of allylic oxidation sites excluding steroid dienone is 2. The van der Waals surface area contributed by atoms with E-state index in [1.807, 2.05) is 0 Å². The average molecular weight is 425 g/mol. The van der Waals surface area contributed by atoms with Gasteiger partial charge < -0.3 is 0 Å². The summed E-state index contributed by atoms with van der Waals surface area (Å²) in [5, 5.41) is 0. The van der Waals surface area contributed by atoms with E-state index in [-0.39, 0.29) is 5.41 Å². The van der Waals surface area contributed by atoms with E-state index in [1.54, 1.807) is 0 Å². The Kier molecular flexibility index (Phi) is 6.64. The van der Waals surface area contributed by atoms with Crippen molar-refractivity contribution in [2.75, 3.05) is 0 Å². The van der Waals surface area contributed by atoms with Gasteiger partial charge in [0.15, 0.2) is 5.78 Å². The van der Waals surface area contributed by atoms with Crippen LogP contribution < -0.4 is 0 Å². The van der Waals surface area contributed by atoms with Crippen molar-refractivity contribution in [3.05, 3.63) is 24.3 Å². The van der Waals surface area contributed by atoms with Crippen LogP contribution in [0.1, 0.15) is 105 Å². The number of hydrogen-bond donors (Lipinski definition) is 0. The van der Waals surface area contributed by atoms with Gasteiger partial charge in [0.25, 0.3) is 0 Å². The van der Waals surface area contributed by atoms with Crippen molar-refractivity contribution >= 4 is 5.78 Å². The van der Waals surface area contributed by atoms with Crippen LogP contribution in [0.15, 0.2) is 24.3 Å². The van der Waals surface area contributed by atoms with Crippen molar-refractivity contribution in [2.24, 2.45) is 52.3 Å². The minimum Gasteiger partial charge on any atom is -0.295 e. The van der Waals surface area contributed by atoms with E-state index < -0.39 is 0 Å². The van der Waals surface area contributed by atoms with Gasteiger partial charge in [0.2, 0.25) is 0 Å². The van der Waals surface area contributed by atoms with Crippen LogP contribution in [0.5, 0.6) is 0 Å². The van der Waals surface area contributed by atoms with Crippen LogP contribution in [0, 0.1) is 52.3 Å². The molecule has 3 saturated carbocycles. The molecule has 4 aliphatic rings. The molecule has 0 radical (unpaired) electrons. The van der Waals surface area contributed by atoms with E-state index in [1.165, 1.54) is 50.5 Å². The first-order valence-electron chi connectivity index (χ1n) is 13.6. The molecule has 1 nitrogen and oxygen atoms in total. The van der Waals surface area contributed by atoms with E-state index in [9.17, 15) is 4.79 Å². The number of ketones is 1. The van der Waals surface area contributed by atoms with Crippen molar-refractivity contribution in [3.8, 4) is 0 Å². The number of carbonyl (C=O) groups is 1. The van der Waals surface area contributed by atoms with Gasteiger partial charge in [-0.2, -0.15) is 0 Å². The van der Waals surface area contributed by atoms with Crippen LogP contribution >= 0.6 is 0 Å². The minimum absolute atomic E-state index is 0.276. The zero-order chi connectivity index (χ0) is 22.4. The van der Waals surface area contributed by atoms with Crippen molar-refractivity contribution in [2.45, 2.75) is 105 Å². The topological polar surface area (TPSA) is 17.1 Å². The molecule has 0 bridgehead atoms. The second kappa shape index (κ2) is 8.83. The highest BCUT2D eigenvalue weighted by atomic mass is 16.1. The second-order valence-corrected chi connectivity index (χ2v) is 12.9. The first-order chi connectivity index (χ1) is 14.7. The zero-order valence-corrected chi connectivity index (χ0v) is 21.1. The van der Waals surface area contributed by atoms with Gasteiger partial charge in [0.1, 0.15) is 0 Å². The van der Waals surface area contributed by atoms with Gasteiger partial charge in [0.05, 0.1) is 0 Å². The molecule has 3 fully saturated rings. The molecule has 8 atom stereocenters. The van der Waals surface area contributed by atoms with Crippen LogP contribution in [0.25, 0.3) is 0 Å². The van der Waals surface area contributed by atoms with Crippen molar-refractivity contribution in [1.29, 1.82) is 0 Å². The molecule has 0 aromatic carbocycles. The summed E-state index contributed by atoms with van der Waals surface area (Å²) in [5.41, 5.74) is 2.30. The molecule has 0 unspecified atom stereocenters. The van der Waals surface area contributed by atoms with Crippen LogP contribution in [-0.4, -0.2) is 5.78 Å². The Bertz CT molecular complexity index is 716. The maximum Gasteiger partial charge on any atom is 0.155 e. The molecule has 1 heteroatoms. The molecule has 0 saturated heterocycles. The summed E-state index contributed by atoms with van der Waals surface area (Å²) >= 11 is 0. The molecule has 174 valence electrons. The maximum absolute atomic E-state index is 12.3. The molecule has 0 amide bonds. The van der Waals surface area contributed by atoms with Gasteiger partial charge in [-0.1, -0.05) is 65.5 Å². The van der Waals surface area contributed by atoms with Crippen molar-refractivity contribution in [3.63, 3.8) is 0 Å². The number of fused-ring (bicyclic) bond motifs is 5. The Hall–Kier alpha value is -0.850. The lowest BCUT2D eigenvalue weighted by molar-refractivity contribution is -0.119. The number of carbonyl (C=O) groups excluding carboxylic acids is 1. The Morgan fingerprint density at radius 2 is 1.87 bits per heavy atom. The molecule has 0 aromatic heterocycles. The minimum atomic E-state index is 0.276. The molecule has 0 spiro atoms. The monoisotopic (exact) mass is 424 g/mol. The first-order valence-corrected chi connectivity index (χ1v) is 13.6. The van der Waals surface area contributed by atoms with Crippen molar-refractivity contribution < 1.29 is 4.79 Å². The zero-order valence-electron chi connectivity index (χ0n) is 21.1. The number of hydrogen-bond acceptors (Lipinski definition) is 1. The molecule has 4 rings (SSSR count). The van der Waals surface area contributed by atoms with E-state index in [0.717, 1.165) is 61.2 Å². The third-order valence-electron chi connectivity index (χ3n) is 10.8. The largest absolute Gasteiger partial charge is 0.295 e. The standard InChI is InChI=1S/C30H48O/c1-7-9-22-18-23-19-24(31)14-16-29(23,5)27-15-17-30(6)25(12-13-26(30)28(22)27)21(4)11-8-10-20(2)3/h7,19-22,25-28H,1,8-18H2,2-6H3/t21-,22+,25-,26+,27+,28+,29+,30-/m1/s1. The normalized spacial score (nSPS) is 43.1. The summed E-state index contributed by atoms with van der Waals surface area (Å²) < 4.78 is 0. The predicted octanol–water partition coefficient (Wildman–Crippen LogP) is 8.40. The fourth-order valence-corrected chi connectivity index (χ4v) is 9.18. The molecule has 0 aliphatic heterocycles. The van der Waals surface area contributed by atoms with E-state index >= 15 is 0 Å². The SMILES string of the molecule is C=CC[C@H]1CC2=CC(=O)CC[C@]2(C)[C@H]2CC[C@]3(C)[C@@H]([C@H](C)CCCC(C)C)CC[C@H]3[C@H]12. The summed E-state index contributed by atoms with van der Waals surface area (Å²) in [6.07, 6.45) is 18.3. The van der Waals surface area contributed by atoms with Gasteiger partial charge in [-0.15, -0.1) is 6.58 Å². The summed E-state index contributed by atoms with van der Waals surface area (Å²) in [7, 11) is 0. The summed E-state index contributed by atoms with van der Waals surface area (Å²) in [6, 6.07) is 0. The summed E-state index contributed by atoms with van der Waals surface area (Å²) in [4.78, 5) is 12.3. The Balaban J connectivity index is 1.58. The highest BCUT2D eigenvalue weighted by molar-refractivity contribution is 5.91. The summed E-state index contributed by atoms with van der Waals surface area (Å²) in [6.45, 7) is 16.6. The molecule has 0 heterocycles. The van der Waals surface area contributed by atoms with Crippen LogP contribution in [-0.2, 0) is 4.79 Å². The van der Waals surface area contributed by atoms with E-state index in [2.05, 4.69) is 53.3 Å². The van der Waals surface area contributed by atoms with Crippen LogP contribution in [0.3, 0.4) is 0 Å². The van der Waals surface area contributed by atoms with Crippen molar-refractivity contribution in [1.82, 2.24) is 0 Å². The van der Waals surface area contributed by atoms with Gasteiger partial charge >= 0.3 is 0 Å². The molecular weight excluding hydrogens is 376 g/mol. The Labute approximate surface area is 192 Å². The maximum atomic E-state index is 12.3. The first kappa shape index (κ1) is 23.3. The third kappa shape index (κ3) is 4.02. The highest BCUT2D eigenvalue weighted by Crippen LogP contribution is 2.69. The average Bonchev–Trinajstić information content (AvgIpc) is 3.06. The lowest BCUT2D eigenvalue weighted by atomic mass is 9.44. The lowest BCUT2D eigenvalue weighted by Crippen LogP contribution is -2.54. The Morgan fingerprint density at radius 3 is 2.58 bits per heavy atom. The smallest absolute Gasteiger partial charge is 0.155 e. The van der Waals surface area contributed by atoms with Gasteiger partial charge in [0, 0.05) is 6.42 Å². The predicted molar refractivity (Wildman–Crippen MR) is 132 cm³/mol. The van der Waals surface area contributed by atoms with E-state index in [4.69, 9.17) is 0 Å². The third-order valence-corrected chi connectivity index (χ3v) is 10.8. The quantitative estimate of drug-likeness (QED) is 0.375. The van der Waals surface area contributed by atoms with Gasteiger partial charge in [-0.25, -0.2) is 0 Å². The summed E-state index contributed by atoms with van der Waals surface area (Å²) in [5.74, 6) is 6.18. The molecular formula is C30H48O. The van der Waals surface area contributed by atoms with Gasteiger partial charge in [-0.3, -0.25) is 4.79 Å². The molecule has 4 aliphatic carbocycles. The highest BCUT2D eigenvalue weighted by Gasteiger charge is 2.61. The van der Waals surface area contributed by atoms with Crippen LogP contribution in [0.4, 0.5) is 0 Å². The van der Waals surface area contributed by atoms with Crippen LogP contribution in [0.2, 0.25) is 0 Å². The molecule has 0 aromatic rings. The second-order valence-electron chi connectivity index (χ2n) is 12.9. The molecule has 31 heavy (non-hydrogen) atoms. The van der Waals surface area contributed by atoms with Gasteiger partial charge in [-0.05, 0) is 103 Å². The van der Waals surface area contributed by atoms with E-state index in [0.29, 0.717) is 17.1 Å². The fraction of sp³-hybridized carbons (Fsp3) is 0.833. The Morgan fingerprint density at radius 1 is 1.10 bits per heavy atom.